The Morgan fingerprint density at radius 3 is 2.65 bits per heavy atom. The first-order valence-electron chi connectivity index (χ1n) is 6.66. The van der Waals surface area contributed by atoms with E-state index < -0.39 is 11.9 Å². The van der Waals surface area contributed by atoms with E-state index >= 15 is 0 Å². The summed E-state index contributed by atoms with van der Waals surface area (Å²) in [7, 11) is 0. The van der Waals surface area contributed by atoms with Gasteiger partial charge in [-0.25, -0.2) is 0 Å². The molecule has 0 saturated heterocycles. The van der Waals surface area contributed by atoms with Crippen LogP contribution in [0.25, 0.3) is 0 Å². The number of hydrogen-bond donors (Lipinski definition) is 1. The highest BCUT2D eigenvalue weighted by Gasteiger charge is 2.21. The summed E-state index contributed by atoms with van der Waals surface area (Å²) in [5, 5.41) is 9.05. The predicted molar refractivity (Wildman–Crippen MR) is 82.3 cm³/mol. The molecule has 0 aliphatic rings. The molecule has 110 valence electrons. The SMILES string of the molecule is CCCC(=O)N(CC(C)C(=O)O)c1cccc(SC)c1. The van der Waals surface area contributed by atoms with Crippen LogP contribution >= 0.6 is 11.8 Å². The molecular formula is C15H21NO3S. The fourth-order valence-corrected chi connectivity index (χ4v) is 2.28. The lowest BCUT2D eigenvalue weighted by Gasteiger charge is -2.25. The molecular weight excluding hydrogens is 274 g/mol. The quantitative estimate of drug-likeness (QED) is 0.784. The van der Waals surface area contributed by atoms with E-state index in [1.807, 2.05) is 37.4 Å². The van der Waals surface area contributed by atoms with Crippen molar-refractivity contribution in [3.05, 3.63) is 24.3 Å². The van der Waals surface area contributed by atoms with Gasteiger partial charge in [0.2, 0.25) is 5.91 Å². The molecule has 0 bridgehead atoms. The molecule has 1 N–H and O–H groups in total. The van der Waals surface area contributed by atoms with Crippen LogP contribution in [0.15, 0.2) is 29.2 Å². The van der Waals surface area contributed by atoms with Crippen LogP contribution in [0.5, 0.6) is 0 Å². The highest BCUT2D eigenvalue weighted by atomic mass is 32.2. The topological polar surface area (TPSA) is 57.6 Å². The number of carbonyl (C=O) groups excluding carboxylic acids is 1. The Morgan fingerprint density at radius 1 is 1.40 bits per heavy atom. The molecule has 0 heterocycles. The highest BCUT2D eigenvalue weighted by molar-refractivity contribution is 7.98. The maximum Gasteiger partial charge on any atom is 0.308 e. The third kappa shape index (κ3) is 4.56. The molecule has 1 atom stereocenters. The summed E-state index contributed by atoms with van der Waals surface area (Å²) in [6, 6.07) is 7.63. The number of nitrogens with zero attached hydrogens (tertiary/aromatic N) is 1. The lowest BCUT2D eigenvalue weighted by molar-refractivity contribution is -0.140. The number of benzene rings is 1. The number of thioether (sulfide) groups is 1. The zero-order valence-electron chi connectivity index (χ0n) is 12.1. The van der Waals surface area contributed by atoms with Crippen LogP contribution < -0.4 is 4.90 Å². The van der Waals surface area contributed by atoms with Crippen LogP contribution in [-0.2, 0) is 9.59 Å². The number of carbonyl (C=O) groups is 2. The smallest absolute Gasteiger partial charge is 0.308 e. The average molecular weight is 295 g/mol. The van der Waals surface area contributed by atoms with Crippen molar-refractivity contribution >= 4 is 29.3 Å². The van der Waals surface area contributed by atoms with E-state index in [4.69, 9.17) is 5.11 Å². The fraction of sp³-hybridized carbons (Fsp3) is 0.467. The van der Waals surface area contributed by atoms with Crippen molar-refractivity contribution in [1.29, 1.82) is 0 Å². The molecule has 0 spiro atoms. The van der Waals surface area contributed by atoms with Crippen LogP contribution in [0.1, 0.15) is 26.7 Å². The number of aliphatic carboxylic acids is 1. The van der Waals surface area contributed by atoms with Crippen molar-refractivity contribution in [2.45, 2.75) is 31.6 Å². The van der Waals surface area contributed by atoms with Crippen LogP contribution in [0, 0.1) is 5.92 Å². The summed E-state index contributed by atoms with van der Waals surface area (Å²) in [5.41, 5.74) is 0.767. The van der Waals surface area contributed by atoms with Crippen molar-refractivity contribution in [3.8, 4) is 0 Å². The summed E-state index contributed by atoms with van der Waals surface area (Å²) < 4.78 is 0. The lowest BCUT2D eigenvalue weighted by Crippen LogP contribution is -2.36. The minimum atomic E-state index is -0.889. The Hall–Kier alpha value is -1.49. The normalized spacial score (nSPS) is 11.9. The molecule has 4 nitrogen and oxygen atoms in total. The predicted octanol–water partition coefficient (Wildman–Crippen LogP) is 3.26. The van der Waals surface area contributed by atoms with Crippen LogP contribution in [0.3, 0.4) is 0 Å². The molecule has 0 aliphatic carbocycles. The Kier molecular flexibility index (Phi) is 6.58. The number of hydrogen-bond acceptors (Lipinski definition) is 3. The van der Waals surface area contributed by atoms with Gasteiger partial charge in [-0.1, -0.05) is 19.9 Å². The lowest BCUT2D eigenvalue weighted by atomic mass is 10.1. The van der Waals surface area contributed by atoms with Gasteiger partial charge in [0.25, 0.3) is 0 Å². The maximum atomic E-state index is 12.2. The van der Waals surface area contributed by atoms with E-state index in [1.165, 1.54) is 0 Å². The number of carboxylic acids is 1. The molecule has 0 fully saturated rings. The maximum absolute atomic E-state index is 12.2. The van der Waals surface area contributed by atoms with Gasteiger partial charge in [-0.05, 0) is 30.9 Å². The Bertz CT molecular complexity index is 476. The third-order valence-corrected chi connectivity index (χ3v) is 3.73. The Labute approximate surface area is 124 Å². The molecule has 1 unspecified atom stereocenters. The highest BCUT2D eigenvalue weighted by Crippen LogP contribution is 2.24. The number of carboxylic acid groups (broad SMARTS) is 1. The first-order valence-corrected chi connectivity index (χ1v) is 7.89. The standard InChI is InChI=1S/C15H21NO3S/c1-4-6-14(17)16(10-11(2)15(18)19)12-7-5-8-13(9-12)20-3/h5,7-9,11H,4,6,10H2,1-3H3,(H,18,19). The van der Waals surface area contributed by atoms with Gasteiger partial charge >= 0.3 is 5.97 Å². The van der Waals surface area contributed by atoms with E-state index in [0.29, 0.717) is 6.42 Å². The van der Waals surface area contributed by atoms with Crippen LogP contribution in [0.2, 0.25) is 0 Å². The molecule has 5 heteroatoms. The first-order chi connectivity index (χ1) is 9.49. The van der Waals surface area contributed by atoms with Crippen molar-refractivity contribution in [2.75, 3.05) is 17.7 Å². The molecule has 0 aromatic heterocycles. The number of anilines is 1. The van der Waals surface area contributed by atoms with Gasteiger partial charge < -0.3 is 10.0 Å². The van der Waals surface area contributed by atoms with Gasteiger partial charge in [-0.3, -0.25) is 9.59 Å². The zero-order chi connectivity index (χ0) is 15.1. The minimum absolute atomic E-state index is 0.0288. The second kappa shape index (κ2) is 7.94. The van der Waals surface area contributed by atoms with E-state index in [-0.39, 0.29) is 12.5 Å². The van der Waals surface area contributed by atoms with E-state index in [1.54, 1.807) is 23.6 Å². The zero-order valence-corrected chi connectivity index (χ0v) is 12.9. The third-order valence-electron chi connectivity index (χ3n) is 3.01. The van der Waals surface area contributed by atoms with Gasteiger partial charge in [0, 0.05) is 23.5 Å². The summed E-state index contributed by atoms with van der Waals surface area (Å²) in [5.74, 6) is -1.51. The largest absolute Gasteiger partial charge is 0.481 e. The molecule has 1 aromatic carbocycles. The van der Waals surface area contributed by atoms with Gasteiger partial charge in [0.05, 0.1) is 5.92 Å². The van der Waals surface area contributed by atoms with E-state index in [0.717, 1.165) is 17.0 Å². The second-order valence-corrected chi connectivity index (χ2v) is 5.57. The first kappa shape index (κ1) is 16.6. The summed E-state index contributed by atoms with van der Waals surface area (Å²) in [6.45, 7) is 3.76. The average Bonchev–Trinajstić information content (AvgIpc) is 2.44. The minimum Gasteiger partial charge on any atom is -0.481 e. The van der Waals surface area contributed by atoms with Crippen LogP contribution in [0.4, 0.5) is 5.69 Å². The molecule has 1 rings (SSSR count). The monoisotopic (exact) mass is 295 g/mol. The molecule has 0 radical (unpaired) electrons. The molecule has 0 aliphatic heterocycles. The fourth-order valence-electron chi connectivity index (χ4n) is 1.83. The van der Waals surface area contributed by atoms with Crippen molar-refractivity contribution in [2.24, 2.45) is 5.92 Å². The summed E-state index contributed by atoms with van der Waals surface area (Å²) >= 11 is 1.60. The van der Waals surface area contributed by atoms with Crippen molar-refractivity contribution in [3.63, 3.8) is 0 Å². The molecule has 1 aromatic rings. The second-order valence-electron chi connectivity index (χ2n) is 4.70. The van der Waals surface area contributed by atoms with E-state index in [9.17, 15) is 9.59 Å². The summed E-state index contributed by atoms with van der Waals surface area (Å²) in [6.07, 6.45) is 3.14. The van der Waals surface area contributed by atoms with Gasteiger partial charge in [-0.2, -0.15) is 0 Å². The molecule has 0 saturated carbocycles. The van der Waals surface area contributed by atoms with Crippen LogP contribution in [-0.4, -0.2) is 29.8 Å². The van der Waals surface area contributed by atoms with Crippen molar-refractivity contribution in [1.82, 2.24) is 0 Å². The molecule has 20 heavy (non-hydrogen) atoms. The Morgan fingerprint density at radius 2 is 2.10 bits per heavy atom. The summed E-state index contributed by atoms with van der Waals surface area (Å²) in [4.78, 5) is 25.9. The van der Waals surface area contributed by atoms with Gasteiger partial charge in [-0.15, -0.1) is 11.8 Å². The molecule has 1 amide bonds. The number of amides is 1. The van der Waals surface area contributed by atoms with Gasteiger partial charge in [0.15, 0.2) is 0 Å². The Balaban J connectivity index is 3.02. The number of rotatable bonds is 7. The van der Waals surface area contributed by atoms with Crippen molar-refractivity contribution < 1.29 is 14.7 Å². The van der Waals surface area contributed by atoms with Gasteiger partial charge in [0.1, 0.15) is 0 Å². The van der Waals surface area contributed by atoms with E-state index in [2.05, 4.69) is 0 Å².